The van der Waals surface area contributed by atoms with E-state index in [9.17, 15) is 0 Å². The Kier molecular flexibility index (Phi) is 5.20. The fourth-order valence-electron chi connectivity index (χ4n) is 2.70. The van der Waals surface area contributed by atoms with E-state index >= 15 is 0 Å². The van der Waals surface area contributed by atoms with Crippen molar-refractivity contribution in [2.24, 2.45) is 7.05 Å². The Balaban J connectivity index is 1.86. The Bertz CT molecular complexity index is 345. The number of aryl methyl sites for hydroxylation is 1. The summed E-state index contributed by atoms with van der Waals surface area (Å²) in [6.45, 7) is 4.12. The molecule has 1 aromatic heterocycles. The van der Waals surface area contributed by atoms with Crippen molar-refractivity contribution in [3.63, 3.8) is 0 Å². The van der Waals surface area contributed by atoms with Gasteiger partial charge in [-0.25, -0.2) is 0 Å². The highest BCUT2D eigenvalue weighted by Gasteiger charge is 2.19. The van der Waals surface area contributed by atoms with Crippen LogP contribution in [0.2, 0.25) is 0 Å². The highest BCUT2D eigenvalue weighted by Crippen LogP contribution is 2.18. The second kappa shape index (κ2) is 6.90. The van der Waals surface area contributed by atoms with Gasteiger partial charge < -0.3 is 10.1 Å². The van der Waals surface area contributed by atoms with E-state index in [4.69, 9.17) is 4.74 Å². The Hall–Kier alpha value is -0.870. The number of likely N-dealkylation sites (N-methyl/N-ethyl adjacent to an activating group) is 1. The summed E-state index contributed by atoms with van der Waals surface area (Å²) in [5.41, 5.74) is 1.30. The molecular formula is C14H25N3O. The lowest BCUT2D eigenvalue weighted by Gasteiger charge is -2.27. The van der Waals surface area contributed by atoms with Gasteiger partial charge >= 0.3 is 0 Å². The number of ether oxygens (including phenoxy) is 1. The van der Waals surface area contributed by atoms with Crippen molar-refractivity contribution in [1.29, 1.82) is 0 Å². The molecule has 0 spiro atoms. The molecule has 1 aliphatic heterocycles. The van der Waals surface area contributed by atoms with Crippen LogP contribution in [0.3, 0.4) is 0 Å². The third-order valence-corrected chi connectivity index (χ3v) is 3.55. The number of aromatic nitrogens is 2. The maximum atomic E-state index is 5.84. The van der Waals surface area contributed by atoms with E-state index in [0.29, 0.717) is 12.1 Å². The van der Waals surface area contributed by atoms with Crippen LogP contribution in [0.25, 0.3) is 0 Å². The van der Waals surface area contributed by atoms with E-state index in [1.165, 1.54) is 24.8 Å². The van der Waals surface area contributed by atoms with Gasteiger partial charge in [0.25, 0.3) is 0 Å². The minimum absolute atomic E-state index is 0.444. The zero-order chi connectivity index (χ0) is 12.8. The second-order valence-electron chi connectivity index (χ2n) is 5.21. The molecule has 0 aromatic carbocycles. The van der Waals surface area contributed by atoms with Gasteiger partial charge in [-0.2, -0.15) is 5.10 Å². The number of hydrogen-bond acceptors (Lipinski definition) is 3. The average Bonchev–Trinajstić information content (AvgIpc) is 2.76. The van der Waals surface area contributed by atoms with Gasteiger partial charge in [-0.15, -0.1) is 0 Å². The summed E-state index contributed by atoms with van der Waals surface area (Å²) in [4.78, 5) is 0. The van der Waals surface area contributed by atoms with Crippen LogP contribution in [-0.4, -0.2) is 35.1 Å². The minimum atomic E-state index is 0.444. The molecule has 0 saturated carbocycles. The lowest BCUT2D eigenvalue weighted by molar-refractivity contribution is 0.00535. The van der Waals surface area contributed by atoms with Crippen molar-refractivity contribution >= 4 is 0 Å². The highest BCUT2D eigenvalue weighted by atomic mass is 16.5. The van der Waals surface area contributed by atoms with Crippen molar-refractivity contribution < 1.29 is 4.74 Å². The van der Waals surface area contributed by atoms with Crippen molar-refractivity contribution in [3.8, 4) is 0 Å². The summed E-state index contributed by atoms with van der Waals surface area (Å²) in [7, 11) is 1.97. The first-order chi connectivity index (χ1) is 8.78. The fraction of sp³-hybridized carbons (Fsp3) is 0.786. The molecule has 4 heteroatoms. The van der Waals surface area contributed by atoms with Crippen molar-refractivity contribution in [2.75, 3.05) is 13.2 Å². The zero-order valence-corrected chi connectivity index (χ0v) is 11.6. The molecule has 1 saturated heterocycles. The van der Waals surface area contributed by atoms with Gasteiger partial charge in [0, 0.05) is 25.9 Å². The number of rotatable bonds is 6. The maximum absolute atomic E-state index is 5.84. The highest BCUT2D eigenvalue weighted by molar-refractivity contribution is 5.06. The van der Waals surface area contributed by atoms with Gasteiger partial charge in [0.05, 0.1) is 12.3 Å². The first-order valence-corrected chi connectivity index (χ1v) is 7.10. The van der Waals surface area contributed by atoms with Crippen LogP contribution in [0.1, 0.15) is 38.2 Å². The Morgan fingerprint density at radius 2 is 2.44 bits per heavy atom. The van der Waals surface area contributed by atoms with Gasteiger partial charge in [-0.05, 0) is 44.2 Å². The number of nitrogens with one attached hydrogen (secondary N) is 1. The molecule has 1 fully saturated rings. The molecule has 1 N–H and O–H groups in total. The predicted octanol–water partition coefficient (Wildman–Crippen LogP) is 1.90. The topological polar surface area (TPSA) is 39.1 Å². The summed E-state index contributed by atoms with van der Waals surface area (Å²) in [5, 5.41) is 7.80. The minimum Gasteiger partial charge on any atom is -0.378 e. The van der Waals surface area contributed by atoms with Crippen LogP contribution in [0, 0.1) is 0 Å². The fourth-order valence-corrected chi connectivity index (χ4v) is 2.70. The Labute approximate surface area is 110 Å². The molecule has 2 rings (SSSR count). The summed E-state index contributed by atoms with van der Waals surface area (Å²) >= 11 is 0. The molecular weight excluding hydrogens is 226 g/mol. The molecule has 102 valence electrons. The van der Waals surface area contributed by atoms with Gasteiger partial charge in [0.1, 0.15) is 0 Å². The Morgan fingerprint density at radius 3 is 3.06 bits per heavy atom. The van der Waals surface area contributed by atoms with Crippen LogP contribution < -0.4 is 5.32 Å². The molecule has 0 amide bonds. The number of hydrogen-bond donors (Lipinski definition) is 1. The molecule has 0 radical (unpaired) electrons. The van der Waals surface area contributed by atoms with E-state index in [1.807, 2.05) is 17.9 Å². The quantitative estimate of drug-likeness (QED) is 0.839. The van der Waals surface area contributed by atoms with Crippen LogP contribution in [0.5, 0.6) is 0 Å². The van der Waals surface area contributed by atoms with E-state index in [0.717, 1.165) is 26.0 Å². The number of nitrogens with zero attached hydrogens (tertiary/aromatic N) is 2. The van der Waals surface area contributed by atoms with Crippen LogP contribution in [0.15, 0.2) is 12.4 Å². The summed E-state index contributed by atoms with van der Waals surface area (Å²) in [5.74, 6) is 0. The zero-order valence-electron chi connectivity index (χ0n) is 11.6. The molecule has 1 aliphatic rings. The average molecular weight is 251 g/mol. The normalized spacial score (nSPS) is 22.0. The van der Waals surface area contributed by atoms with Crippen LogP contribution >= 0.6 is 0 Å². The van der Waals surface area contributed by atoms with Crippen molar-refractivity contribution in [2.45, 2.75) is 51.2 Å². The summed E-state index contributed by atoms with van der Waals surface area (Å²) < 4.78 is 7.71. The van der Waals surface area contributed by atoms with Crippen LogP contribution in [-0.2, 0) is 18.2 Å². The predicted molar refractivity (Wildman–Crippen MR) is 72.6 cm³/mol. The van der Waals surface area contributed by atoms with Crippen LogP contribution in [0.4, 0.5) is 0 Å². The Morgan fingerprint density at radius 1 is 1.56 bits per heavy atom. The molecule has 2 atom stereocenters. The first kappa shape index (κ1) is 13.6. The lowest BCUT2D eigenvalue weighted by Crippen LogP contribution is -2.36. The molecule has 2 heterocycles. The van der Waals surface area contributed by atoms with Gasteiger partial charge in [0.2, 0.25) is 0 Å². The van der Waals surface area contributed by atoms with Gasteiger partial charge in [-0.1, -0.05) is 6.92 Å². The van der Waals surface area contributed by atoms with Gasteiger partial charge in [0.15, 0.2) is 0 Å². The van der Waals surface area contributed by atoms with Crippen molar-refractivity contribution in [3.05, 3.63) is 18.0 Å². The second-order valence-corrected chi connectivity index (χ2v) is 5.21. The molecule has 4 nitrogen and oxygen atoms in total. The molecule has 0 bridgehead atoms. The molecule has 0 aliphatic carbocycles. The molecule has 2 unspecified atom stereocenters. The third-order valence-electron chi connectivity index (χ3n) is 3.55. The largest absolute Gasteiger partial charge is 0.378 e. The van der Waals surface area contributed by atoms with Gasteiger partial charge in [-0.3, -0.25) is 4.68 Å². The standard InChI is InChI=1S/C14H25N3O/c1-3-15-13(8-12-10-16-17(2)11-12)9-14-6-4-5-7-18-14/h10-11,13-15H,3-9H2,1-2H3. The molecule has 18 heavy (non-hydrogen) atoms. The maximum Gasteiger partial charge on any atom is 0.0590 e. The summed E-state index contributed by atoms with van der Waals surface area (Å²) in [6.07, 6.45) is 10.4. The third kappa shape index (κ3) is 4.10. The van der Waals surface area contributed by atoms with E-state index in [2.05, 4.69) is 23.5 Å². The lowest BCUT2D eigenvalue weighted by atomic mass is 9.98. The monoisotopic (exact) mass is 251 g/mol. The first-order valence-electron chi connectivity index (χ1n) is 7.10. The summed E-state index contributed by atoms with van der Waals surface area (Å²) in [6, 6.07) is 0.502. The van der Waals surface area contributed by atoms with E-state index in [1.54, 1.807) is 0 Å². The molecule has 1 aromatic rings. The van der Waals surface area contributed by atoms with Crippen molar-refractivity contribution in [1.82, 2.24) is 15.1 Å². The smallest absolute Gasteiger partial charge is 0.0590 e. The SMILES string of the molecule is CCNC(Cc1cnn(C)c1)CC1CCCCO1. The van der Waals surface area contributed by atoms with E-state index < -0.39 is 0 Å². The van der Waals surface area contributed by atoms with E-state index in [-0.39, 0.29) is 0 Å².